The van der Waals surface area contributed by atoms with E-state index in [1.54, 1.807) is 23.1 Å². The van der Waals surface area contributed by atoms with E-state index in [0.29, 0.717) is 0 Å². The van der Waals surface area contributed by atoms with Crippen LogP contribution in [-0.2, 0) is 12.8 Å². The Labute approximate surface area is 200 Å². The Balaban J connectivity index is 1.25. The molecule has 0 heterocycles. The highest BCUT2D eigenvalue weighted by molar-refractivity contribution is 5.36. The van der Waals surface area contributed by atoms with Crippen LogP contribution in [0.1, 0.15) is 146 Å². The normalized spacial score (nSPS) is 30.0. The highest BCUT2D eigenvalue weighted by Crippen LogP contribution is 2.48. The maximum absolute atomic E-state index is 2.66. The van der Waals surface area contributed by atoms with Gasteiger partial charge in [0.2, 0.25) is 0 Å². The zero-order valence-electron chi connectivity index (χ0n) is 21.6. The van der Waals surface area contributed by atoms with E-state index < -0.39 is 0 Å². The van der Waals surface area contributed by atoms with Gasteiger partial charge in [-0.15, -0.1) is 0 Å². The number of rotatable bonds is 11. The van der Waals surface area contributed by atoms with Crippen LogP contribution >= 0.6 is 0 Å². The number of hydrogen-bond acceptors (Lipinski definition) is 0. The Kier molecular flexibility index (Phi) is 9.60. The fourth-order valence-corrected chi connectivity index (χ4v) is 7.62. The van der Waals surface area contributed by atoms with Crippen LogP contribution in [0.3, 0.4) is 0 Å². The lowest BCUT2D eigenvalue weighted by atomic mass is 9.63. The summed E-state index contributed by atoms with van der Waals surface area (Å²) in [6, 6.07) is 7.75. The van der Waals surface area contributed by atoms with Crippen molar-refractivity contribution in [1.29, 1.82) is 0 Å². The molecule has 1 aromatic carbocycles. The second-order valence-electron chi connectivity index (χ2n) is 12.0. The van der Waals surface area contributed by atoms with Gasteiger partial charge in [0, 0.05) is 0 Å². The van der Waals surface area contributed by atoms with Crippen LogP contribution in [0.4, 0.5) is 0 Å². The maximum Gasteiger partial charge on any atom is -0.0159 e. The van der Waals surface area contributed by atoms with E-state index in [1.807, 2.05) is 0 Å². The van der Waals surface area contributed by atoms with Gasteiger partial charge in [0.25, 0.3) is 0 Å². The highest BCUT2D eigenvalue weighted by atomic mass is 14.4. The molecule has 1 aromatic rings. The fourth-order valence-electron chi connectivity index (χ4n) is 7.62. The third-order valence-corrected chi connectivity index (χ3v) is 9.69. The summed E-state index contributed by atoms with van der Waals surface area (Å²) in [5.41, 5.74) is 5.11. The lowest BCUT2D eigenvalue weighted by Crippen LogP contribution is -2.30. The molecule has 3 aliphatic carbocycles. The molecule has 0 N–H and O–H groups in total. The van der Waals surface area contributed by atoms with Crippen LogP contribution < -0.4 is 0 Å². The third-order valence-electron chi connectivity index (χ3n) is 9.69. The maximum atomic E-state index is 2.66. The van der Waals surface area contributed by atoms with Gasteiger partial charge in [0.1, 0.15) is 0 Å². The largest absolute Gasteiger partial charge is 0.0654 e. The lowest BCUT2D eigenvalue weighted by molar-refractivity contribution is 0.113. The van der Waals surface area contributed by atoms with Gasteiger partial charge in [-0.2, -0.15) is 0 Å². The SMILES string of the molecule is CCCCCCCC1CCc2cc(C3CCC4CC(CCCCC)CCC4C3)ccc2C1. The van der Waals surface area contributed by atoms with E-state index in [9.17, 15) is 0 Å². The summed E-state index contributed by atoms with van der Waals surface area (Å²) in [6.45, 7) is 4.66. The van der Waals surface area contributed by atoms with Crippen molar-refractivity contribution in [3.8, 4) is 0 Å². The van der Waals surface area contributed by atoms with E-state index >= 15 is 0 Å². The molecule has 0 bridgehead atoms. The molecule has 0 nitrogen and oxygen atoms in total. The lowest BCUT2D eigenvalue weighted by Gasteiger charge is -2.42. The topological polar surface area (TPSA) is 0 Å². The highest BCUT2D eigenvalue weighted by Gasteiger charge is 2.36. The smallest absolute Gasteiger partial charge is 0.0159 e. The molecule has 4 rings (SSSR count). The average Bonchev–Trinajstić information content (AvgIpc) is 2.83. The summed E-state index contributed by atoms with van der Waals surface area (Å²) >= 11 is 0. The van der Waals surface area contributed by atoms with Crippen LogP contribution in [0, 0.1) is 23.7 Å². The monoisotopic (exact) mass is 436 g/mol. The summed E-state index contributed by atoms with van der Waals surface area (Å²) < 4.78 is 0. The molecule has 0 amide bonds. The first-order valence-electron chi connectivity index (χ1n) is 14.9. The Bertz CT molecular complexity index is 673. The minimum Gasteiger partial charge on any atom is -0.0654 e. The molecule has 3 aliphatic rings. The van der Waals surface area contributed by atoms with Gasteiger partial charge in [-0.25, -0.2) is 0 Å². The Morgan fingerprint density at radius 1 is 0.656 bits per heavy atom. The summed E-state index contributed by atoms with van der Waals surface area (Å²) in [6.07, 6.45) is 27.7. The van der Waals surface area contributed by atoms with Crippen LogP contribution in [-0.4, -0.2) is 0 Å². The van der Waals surface area contributed by atoms with Crippen molar-refractivity contribution in [2.24, 2.45) is 23.7 Å². The summed E-state index contributed by atoms with van der Waals surface area (Å²) in [4.78, 5) is 0. The number of benzene rings is 1. The van der Waals surface area contributed by atoms with Crippen LogP contribution in [0.2, 0.25) is 0 Å². The van der Waals surface area contributed by atoms with Crippen molar-refractivity contribution in [3.05, 3.63) is 34.9 Å². The molecular weight excluding hydrogens is 384 g/mol. The number of aryl methyl sites for hydroxylation is 1. The molecule has 0 aromatic heterocycles. The molecule has 2 fully saturated rings. The van der Waals surface area contributed by atoms with E-state index in [1.165, 1.54) is 116 Å². The summed E-state index contributed by atoms with van der Waals surface area (Å²) in [5, 5.41) is 0. The van der Waals surface area contributed by atoms with Crippen LogP contribution in [0.5, 0.6) is 0 Å². The second kappa shape index (κ2) is 12.6. The minimum absolute atomic E-state index is 0.856. The second-order valence-corrected chi connectivity index (χ2v) is 12.0. The van der Waals surface area contributed by atoms with E-state index in [-0.39, 0.29) is 0 Å². The van der Waals surface area contributed by atoms with Crippen molar-refractivity contribution < 1.29 is 0 Å². The number of hydrogen-bond donors (Lipinski definition) is 0. The van der Waals surface area contributed by atoms with Gasteiger partial charge in [-0.05, 0) is 97.6 Å². The predicted octanol–water partition coefficient (Wildman–Crippen LogP) is 10.0. The van der Waals surface area contributed by atoms with E-state index in [4.69, 9.17) is 0 Å². The van der Waals surface area contributed by atoms with E-state index in [2.05, 4.69) is 32.0 Å². The minimum atomic E-state index is 0.856. The standard InChI is InChI=1S/C32H52/c1-3-5-7-8-10-12-26-14-16-30-24-32(20-18-28(30)22-26)31-19-17-27-21-25(11-9-6-4-2)13-15-29(27)23-31/h18,20,24-27,29,31H,3-17,19,21-23H2,1-2H3. The van der Waals surface area contributed by atoms with Crippen LogP contribution in [0.25, 0.3) is 0 Å². The Hall–Kier alpha value is -0.780. The van der Waals surface area contributed by atoms with Gasteiger partial charge in [0.05, 0.1) is 0 Å². The van der Waals surface area contributed by atoms with Crippen molar-refractivity contribution in [2.75, 3.05) is 0 Å². The zero-order valence-corrected chi connectivity index (χ0v) is 21.6. The van der Waals surface area contributed by atoms with Gasteiger partial charge in [-0.1, -0.05) is 103 Å². The molecule has 0 heteroatoms. The molecule has 5 atom stereocenters. The number of unbranched alkanes of at least 4 members (excludes halogenated alkanes) is 6. The summed E-state index contributed by atoms with van der Waals surface area (Å²) in [7, 11) is 0. The first kappa shape index (κ1) is 24.3. The quantitative estimate of drug-likeness (QED) is 0.303. The van der Waals surface area contributed by atoms with Gasteiger partial charge in [0.15, 0.2) is 0 Å². The zero-order chi connectivity index (χ0) is 22.2. The van der Waals surface area contributed by atoms with Crippen molar-refractivity contribution in [3.63, 3.8) is 0 Å². The molecule has 0 spiro atoms. The molecule has 0 saturated heterocycles. The fraction of sp³-hybridized carbons (Fsp3) is 0.812. The molecular formula is C32H52. The third kappa shape index (κ3) is 6.64. The summed E-state index contributed by atoms with van der Waals surface area (Å²) in [5.74, 6) is 4.96. The molecule has 180 valence electrons. The van der Waals surface area contributed by atoms with Gasteiger partial charge in [-0.3, -0.25) is 0 Å². The Morgan fingerprint density at radius 2 is 1.38 bits per heavy atom. The van der Waals surface area contributed by atoms with E-state index in [0.717, 1.165) is 29.6 Å². The number of fused-ring (bicyclic) bond motifs is 2. The molecule has 0 radical (unpaired) electrons. The molecule has 5 unspecified atom stereocenters. The first-order valence-corrected chi connectivity index (χ1v) is 14.9. The molecule has 2 saturated carbocycles. The first-order chi connectivity index (χ1) is 15.8. The van der Waals surface area contributed by atoms with Crippen molar-refractivity contribution >= 4 is 0 Å². The van der Waals surface area contributed by atoms with Crippen molar-refractivity contribution in [1.82, 2.24) is 0 Å². The molecule has 32 heavy (non-hydrogen) atoms. The van der Waals surface area contributed by atoms with Gasteiger partial charge < -0.3 is 0 Å². The Morgan fingerprint density at radius 3 is 2.25 bits per heavy atom. The average molecular weight is 437 g/mol. The van der Waals surface area contributed by atoms with Crippen molar-refractivity contribution in [2.45, 2.75) is 142 Å². The van der Waals surface area contributed by atoms with Gasteiger partial charge >= 0.3 is 0 Å². The molecule has 0 aliphatic heterocycles. The predicted molar refractivity (Wildman–Crippen MR) is 140 cm³/mol. The van der Waals surface area contributed by atoms with Crippen LogP contribution in [0.15, 0.2) is 18.2 Å².